The molecule has 3 heterocycles. The van der Waals surface area contributed by atoms with E-state index in [0.29, 0.717) is 34.6 Å². The summed E-state index contributed by atoms with van der Waals surface area (Å²) in [5, 5.41) is 12.5. The largest absolute Gasteiger partial charge is 0.359 e. The number of carbonyl (C=O) groups excluding carboxylic acids is 1. The molecule has 0 aliphatic carbocycles. The molecule has 0 aliphatic heterocycles. The average Bonchev–Trinajstić information content (AvgIpc) is 3.32. The average molecular weight is 406 g/mol. The van der Waals surface area contributed by atoms with Gasteiger partial charge in [-0.15, -0.1) is 0 Å². The van der Waals surface area contributed by atoms with E-state index in [1.165, 1.54) is 0 Å². The van der Waals surface area contributed by atoms with Gasteiger partial charge in [0, 0.05) is 22.9 Å². The molecule has 4 rings (SSSR count). The maximum absolute atomic E-state index is 12.2. The molecule has 0 aliphatic rings. The summed E-state index contributed by atoms with van der Waals surface area (Å²) in [7, 11) is 0. The molecule has 10 nitrogen and oxygen atoms in total. The van der Waals surface area contributed by atoms with Crippen LogP contribution in [-0.2, 0) is 5.41 Å². The maximum atomic E-state index is 12.2. The number of aromatic nitrogens is 5. The smallest absolute Gasteiger partial charge is 0.324 e. The zero-order valence-electron chi connectivity index (χ0n) is 17.1. The van der Waals surface area contributed by atoms with Gasteiger partial charge >= 0.3 is 6.03 Å². The number of fused-ring (bicyclic) bond motifs is 1. The molecule has 3 aromatic heterocycles. The van der Waals surface area contributed by atoms with E-state index in [4.69, 9.17) is 4.52 Å². The first-order chi connectivity index (χ1) is 14.3. The van der Waals surface area contributed by atoms with Gasteiger partial charge in [0.05, 0.1) is 6.33 Å². The SMILES string of the molecule is Cc1nc(Nc2ccc(NC(=O)Nc3cc(C(C)(C)C)on3)cc2)c2[nH]cnc2n1. The van der Waals surface area contributed by atoms with Gasteiger partial charge in [0.2, 0.25) is 0 Å². The van der Waals surface area contributed by atoms with Crippen molar-refractivity contribution in [1.82, 2.24) is 25.1 Å². The second-order valence-corrected chi connectivity index (χ2v) is 7.83. The minimum Gasteiger partial charge on any atom is -0.359 e. The monoisotopic (exact) mass is 406 g/mol. The van der Waals surface area contributed by atoms with Gasteiger partial charge in [0.1, 0.15) is 17.1 Å². The fraction of sp³-hybridized carbons (Fsp3) is 0.250. The van der Waals surface area contributed by atoms with Crippen molar-refractivity contribution in [3.63, 3.8) is 0 Å². The fourth-order valence-corrected chi connectivity index (χ4v) is 2.77. The summed E-state index contributed by atoms with van der Waals surface area (Å²) in [5.74, 6) is 2.31. The number of nitrogens with zero attached hydrogens (tertiary/aromatic N) is 4. The zero-order chi connectivity index (χ0) is 21.3. The summed E-state index contributed by atoms with van der Waals surface area (Å²) in [5.41, 5.74) is 2.58. The molecule has 154 valence electrons. The third kappa shape index (κ3) is 4.22. The van der Waals surface area contributed by atoms with Gasteiger partial charge in [0.25, 0.3) is 0 Å². The van der Waals surface area contributed by atoms with Crippen molar-refractivity contribution < 1.29 is 9.32 Å². The van der Waals surface area contributed by atoms with Crippen molar-refractivity contribution >= 4 is 40.2 Å². The number of nitrogens with one attached hydrogen (secondary N) is 4. The van der Waals surface area contributed by atoms with E-state index >= 15 is 0 Å². The van der Waals surface area contributed by atoms with Crippen LogP contribution in [0.1, 0.15) is 32.4 Å². The molecule has 0 unspecified atom stereocenters. The van der Waals surface area contributed by atoms with E-state index < -0.39 is 6.03 Å². The number of H-pyrrole nitrogens is 1. The van der Waals surface area contributed by atoms with Crippen LogP contribution < -0.4 is 16.0 Å². The lowest BCUT2D eigenvalue weighted by Crippen LogP contribution is -2.19. The number of hydrogen-bond acceptors (Lipinski definition) is 7. The van der Waals surface area contributed by atoms with Crippen LogP contribution in [0.3, 0.4) is 0 Å². The topological polar surface area (TPSA) is 134 Å². The zero-order valence-corrected chi connectivity index (χ0v) is 17.1. The van der Waals surface area contributed by atoms with Crippen LogP contribution in [0, 0.1) is 6.92 Å². The highest BCUT2D eigenvalue weighted by Crippen LogP contribution is 2.25. The van der Waals surface area contributed by atoms with Crippen molar-refractivity contribution in [1.29, 1.82) is 0 Å². The number of hydrogen-bond donors (Lipinski definition) is 4. The van der Waals surface area contributed by atoms with E-state index in [-0.39, 0.29) is 5.41 Å². The third-order valence-electron chi connectivity index (χ3n) is 4.29. The van der Waals surface area contributed by atoms with Crippen LogP contribution in [0.5, 0.6) is 0 Å². The van der Waals surface area contributed by atoms with Crippen molar-refractivity contribution in [3.05, 3.63) is 48.2 Å². The number of amides is 2. The number of benzene rings is 1. The van der Waals surface area contributed by atoms with Crippen LogP contribution in [0.15, 0.2) is 41.2 Å². The van der Waals surface area contributed by atoms with Crippen molar-refractivity contribution in [2.45, 2.75) is 33.1 Å². The van der Waals surface area contributed by atoms with Gasteiger partial charge in [-0.1, -0.05) is 25.9 Å². The van der Waals surface area contributed by atoms with E-state index in [9.17, 15) is 4.79 Å². The molecule has 4 aromatic rings. The first-order valence-corrected chi connectivity index (χ1v) is 9.38. The molecular formula is C20H22N8O2. The van der Waals surface area contributed by atoms with Gasteiger partial charge in [-0.05, 0) is 31.2 Å². The number of urea groups is 1. The Kier molecular flexibility index (Phi) is 4.82. The first kappa shape index (κ1) is 19.4. The maximum Gasteiger partial charge on any atom is 0.324 e. The minimum absolute atomic E-state index is 0.184. The highest BCUT2D eigenvalue weighted by molar-refractivity contribution is 5.99. The molecule has 10 heteroatoms. The van der Waals surface area contributed by atoms with E-state index in [2.05, 4.69) is 41.0 Å². The summed E-state index contributed by atoms with van der Waals surface area (Å²) < 4.78 is 5.27. The Morgan fingerprint density at radius 1 is 1.07 bits per heavy atom. The molecule has 0 fully saturated rings. The molecule has 0 spiro atoms. The highest BCUT2D eigenvalue weighted by Gasteiger charge is 2.20. The fourth-order valence-electron chi connectivity index (χ4n) is 2.77. The Hall–Kier alpha value is -3.95. The number of aromatic amines is 1. The molecule has 4 N–H and O–H groups in total. The Morgan fingerprint density at radius 2 is 1.80 bits per heavy atom. The lowest BCUT2D eigenvalue weighted by Gasteiger charge is -2.12. The normalized spacial score (nSPS) is 11.5. The number of aryl methyl sites for hydroxylation is 1. The molecule has 1 aromatic carbocycles. The van der Waals surface area contributed by atoms with Crippen LogP contribution >= 0.6 is 0 Å². The molecular weight excluding hydrogens is 384 g/mol. The molecule has 0 saturated carbocycles. The Morgan fingerprint density at radius 3 is 2.50 bits per heavy atom. The van der Waals surface area contributed by atoms with Crippen LogP contribution in [0.4, 0.5) is 27.8 Å². The summed E-state index contributed by atoms with van der Waals surface area (Å²) >= 11 is 0. The first-order valence-electron chi connectivity index (χ1n) is 9.38. The van der Waals surface area contributed by atoms with Crippen molar-refractivity contribution in [2.24, 2.45) is 0 Å². The van der Waals surface area contributed by atoms with Crippen LogP contribution in [0.25, 0.3) is 11.2 Å². The van der Waals surface area contributed by atoms with E-state index in [1.807, 2.05) is 39.8 Å². The summed E-state index contributed by atoms with van der Waals surface area (Å²) in [6, 6.07) is 8.54. The molecule has 2 amide bonds. The molecule has 0 saturated heterocycles. The molecule has 0 radical (unpaired) electrons. The third-order valence-corrected chi connectivity index (χ3v) is 4.29. The predicted molar refractivity (Wildman–Crippen MR) is 114 cm³/mol. The van der Waals surface area contributed by atoms with Crippen LogP contribution in [0.2, 0.25) is 0 Å². The van der Waals surface area contributed by atoms with Gasteiger partial charge in [-0.2, -0.15) is 0 Å². The lowest BCUT2D eigenvalue weighted by atomic mass is 9.93. The standard InChI is InChI=1S/C20H22N8O2/c1-11-23-17-16(21-10-22-17)18(24-11)25-12-5-7-13(8-6-12)26-19(29)27-15-9-14(30-28-15)20(2,3)4/h5-10H,1-4H3,(H2,26,27,28,29)(H2,21,22,23,24,25). The summed E-state index contributed by atoms with van der Waals surface area (Å²) in [6.07, 6.45) is 1.58. The van der Waals surface area contributed by atoms with E-state index in [1.54, 1.807) is 24.5 Å². The summed E-state index contributed by atoms with van der Waals surface area (Å²) in [6.45, 7) is 7.83. The summed E-state index contributed by atoms with van der Waals surface area (Å²) in [4.78, 5) is 28.1. The number of anilines is 4. The van der Waals surface area contributed by atoms with E-state index in [0.717, 1.165) is 11.2 Å². The molecule has 0 atom stereocenters. The van der Waals surface area contributed by atoms with Crippen molar-refractivity contribution in [3.8, 4) is 0 Å². The van der Waals surface area contributed by atoms with Crippen LogP contribution in [-0.4, -0.2) is 31.1 Å². The van der Waals surface area contributed by atoms with Gasteiger partial charge in [-0.3, -0.25) is 5.32 Å². The van der Waals surface area contributed by atoms with Crippen molar-refractivity contribution in [2.75, 3.05) is 16.0 Å². The molecule has 0 bridgehead atoms. The van der Waals surface area contributed by atoms with Gasteiger partial charge in [-0.25, -0.2) is 19.7 Å². The number of imidazole rings is 1. The molecule has 30 heavy (non-hydrogen) atoms. The second-order valence-electron chi connectivity index (χ2n) is 7.83. The van der Waals surface area contributed by atoms with Gasteiger partial charge < -0.3 is 20.1 Å². The predicted octanol–water partition coefficient (Wildman–Crippen LogP) is 4.33. The Bertz CT molecular complexity index is 1190. The number of rotatable bonds is 4. The Labute approximate surface area is 172 Å². The Balaban J connectivity index is 1.40. The highest BCUT2D eigenvalue weighted by atomic mass is 16.5. The minimum atomic E-state index is -0.407. The van der Waals surface area contributed by atoms with Gasteiger partial charge in [0.15, 0.2) is 17.3 Å². The lowest BCUT2D eigenvalue weighted by molar-refractivity contribution is 0.262. The second kappa shape index (κ2) is 7.47. The quantitative estimate of drug-likeness (QED) is 0.396. The number of carbonyl (C=O) groups is 1.